The lowest BCUT2D eigenvalue weighted by molar-refractivity contribution is 0.322. The first-order chi connectivity index (χ1) is 7.81. The SMILES string of the molecule is CNC1CCN(Cc2ccc(OC)cc2)C1. The fourth-order valence-corrected chi connectivity index (χ4v) is 2.20. The summed E-state index contributed by atoms with van der Waals surface area (Å²) in [6.45, 7) is 3.39. The van der Waals surface area contributed by atoms with Gasteiger partial charge in [0.2, 0.25) is 0 Å². The van der Waals surface area contributed by atoms with Crippen LogP contribution in [0.15, 0.2) is 24.3 Å². The zero-order chi connectivity index (χ0) is 11.4. The van der Waals surface area contributed by atoms with E-state index in [4.69, 9.17) is 4.74 Å². The Morgan fingerprint density at radius 1 is 1.38 bits per heavy atom. The van der Waals surface area contributed by atoms with Gasteiger partial charge in [0.05, 0.1) is 7.11 Å². The molecule has 1 unspecified atom stereocenters. The summed E-state index contributed by atoms with van der Waals surface area (Å²) >= 11 is 0. The van der Waals surface area contributed by atoms with Crippen molar-refractivity contribution in [2.24, 2.45) is 0 Å². The molecule has 88 valence electrons. The van der Waals surface area contributed by atoms with Crippen LogP contribution in [0.5, 0.6) is 5.75 Å². The molecule has 2 rings (SSSR count). The Hall–Kier alpha value is -1.06. The second kappa shape index (κ2) is 5.32. The van der Waals surface area contributed by atoms with E-state index < -0.39 is 0 Å². The highest BCUT2D eigenvalue weighted by Gasteiger charge is 2.20. The second-order valence-corrected chi connectivity index (χ2v) is 4.36. The van der Waals surface area contributed by atoms with Gasteiger partial charge in [0.15, 0.2) is 0 Å². The molecule has 0 aromatic heterocycles. The third-order valence-electron chi connectivity index (χ3n) is 3.25. The van der Waals surface area contributed by atoms with E-state index in [-0.39, 0.29) is 0 Å². The van der Waals surface area contributed by atoms with E-state index in [2.05, 4.69) is 22.3 Å². The van der Waals surface area contributed by atoms with Crippen molar-refractivity contribution in [2.75, 3.05) is 27.2 Å². The molecule has 0 spiro atoms. The smallest absolute Gasteiger partial charge is 0.118 e. The third kappa shape index (κ3) is 2.74. The van der Waals surface area contributed by atoms with E-state index >= 15 is 0 Å². The van der Waals surface area contributed by atoms with Gasteiger partial charge in [-0.2, -0.15) is 0 Å². The first-order valence-electron chi connectivity index (χ1n) is 5.84. The van der Waals surface area contributed by atoms with Crippen LogP contribution in [-0.4, -0.2) is 38.2 Å². The van der Waals surface area contributed by atoms with Crippen molar-refractivity contribution in [1.29, 1.82) is 0 Å². The topological polar surface area (TPSA) is 24.5 Å². The summed E-state index contributed by atoms with van der Waals surface area (Å²) < 4.78 is 5.15. The molecule has 1 N–H and O–H groups in total. The monoisotopic (exact) mass is 220 g/mol. The van der Waals surface area contributed by atoms with Gasteiger partial charge in [0.25, 0.3) is 0 Å². The van der Waals surface area contributed by atoms with Crippen molar-refractivity contribution < 1.29 is 4.74 Å². The van der Waals surface area contributed by atoms with E-state index in [0.29, 0.717) is 6.04 Å². The van der Waals surface area contributed by atoms with E-state index in [1.165, 1.54) is 18.5 Å². The van der Waals surface area contributed by atoms with Crippen LogP contribution in [0.25, 0.3) is 0 Å². The first-order valence-corrected chi connectivity index (χ1v) is 5.84. The highest BCUT2D eigenvalue weighted by atomic mass is 16.5. The van der Waals surface area contributed by atoms with Crippen LogP contribution in [0.3, 0.4) is 0 Å². The minimum atomic E-state index is 0.665. The summed E-state index contributed by atoms with van der Waals surface area (Å²) in [5, 5.41) is 3.34. The highest BCUT2D eigenvalue weighted by Crippen LogP contribution is 2.16. The lowest BCUT2D eigenvalue weighted by atomic mass is 10.2. The molecular weight excluding hydrogens is 200 g/mol. The standard InChI is InChI=1S/C13H20N2O/c1-14-12-7-8-15(10-12)9-11-3-5-13(16-2)6-4-11/h3-6,12,14H,7-10H2,1-2H3. The Kier molecular flexibility index (Phi) is 3.80. The van der Waals surface area contributed by atoms with E-state index in [1.807, 2.05) is 19.2 Å². The summed E-state index contributed by atoms with van der Waals surface area (Å²) in [7, 11) is 3.74. The van der Waals surface area contributed by atoms with Crippen LogP contribution >= 0.6 is 0 Å². The van der Waals surface area contributed by atoms with E-state index in [9.17, 15) is 0 Å². The summed E-state index contributed by atoms with van der Waals surface area (Å²) in [4.78, 5) is 2.49. The molecule has 3 nitrogen and oxygen atoms in total. The number of rotatable bonds is 4. The maximum Gasteiger partial charge on any atom is 0.118 e. The van der Waals surface area contributed by atoms with Crippen molar-refractivity contribution in [2.45, 2.75) is 19.0 Å². The van der Waals surface area contributed by atoms with E-state index in [1.54, 1.807) is 7.11 Å². The molecule has 3 heteroatoms. The number of likely N-dealkylation sites (N-methyl/N-ethyl adjacent to an activating group) is 1. The Morgan fingerprint density at radius 3 is 2.69 bits per heavy atom. The maximum atomic E-state index is 5.15. The molecule has 0 amide bonds. The molecule has 0 saturated carbocycles. The van der Waals surface area contributed by atoms with Crippen LogP contribution in [-0.2, 0) is 6.54 Å². The van der Waals surface area contributed by atoms with Crippen LogP contribution in [0, 0.1) is 0 Å². The predicted molar refractivity (Wildman–Crippen MR) is 65.7 cm³/mol. The van der Waals surface area contributed by atoms with Crippen LogP contribution in [0.2, 0.25) is 0 Å². The quantitative estimate of drug-likeness (QED) is 0.832. The Morgan fingerprint density at radius 2 is 2.12 bits per heavy atom. The third-order valence-corrected chi connectivity index (χ3v) is 3.25. The molecule has 16 heavy (non-hydrogen) atoms. The fraction of sp³-hybridized carbons (Fsp3) is 0.538. The summed E-state index contributed by atoms with van der Waals surface area (Å²) in [6, 6.07) is 9.01. The maximum absolute atomic E-state index is 5.15. The van der Waals surface area contributed by atoms with Gasteiger partial charge in [-0.3, -0.25) is 4.90 Å². The average molecular weight is 220 g/mol. The number of likely N-dealkylation sites (tertiary alicyclic amines) is 1. The van der Waals surface area contributed by atoms with Gasteiger partial charge in [-0.25, -0.2) is 0 Å². The molecule has 0 radical (unpaired) electrons. The lowest BCUT2D eigenvalue weighted by Crippen LogP contribution is -2.29. The number of benzene rings is 1. The molecule has 1 aliphatic heterocycles. The molecule has 1 aromatic rings. The minimum absolute atomic E-state index is 0.665. The average Bonchev–Trinajstić information content (AvgIpc) is 2.78. The predicted octanol–water partition coefficient (Wildman–Crippen LogP) is 1.49. The Labute approximate surface area is 97.4 Å². The number of ether oxygens (including phenoxy) is 1. The number of hydrogen-bond donors (Lipinski definition) is 1. The van der Waals surface area contributed by atoms with Crippen molar-refractivity contribution in [3.8, 4) is 5.75 Å². The van der Waals surface area contributed by atoms with Gasteiger partial charge in [-0.15, -0.1) is 0 Å². The van der Waals surface area contributed by atoms with Gasteiger partial charge >= 0.3 is 0 Å². The fourth-order valence-electron chi connectivity index (χ4n) is 2.20. The largest absolute Gasteiger partial charge is 0.497 e. The summed E-state index contributed by atoms with van der Waals surface area (Å²) in [5.41, 5.74) is 1.36. The number of hydrogen-bond acceptors (Lipinski definition) is 3. The van der Waals surface area contributed by atoms with Gasteiger partial charge in [-0.1, -0.05) is 12.1 Å². The molecule has 1 aliphatic rings. The molecule has 0 bridgehead atoms. The van der Waals surface area contributed by atoms with Crippen LogP contribution in [0.1, 0.15) is 12.0 Å². The number of methoxy groups -OCH3 is 1. The Bertz CT molecular complexity index is 323. The van der Waals surface area contributed by atoms with Crippen molar-refractivity contribution in [3.63, 3.8) is 0 Å². The molecule has 0 aliphatic carbocycles. The minimum Gasteiger partial charge on any atom is -0.497 e. The summed E-state index contributed by atoms with van der Waals surface area (Å²) in [5.74, 6) is 0.929. The molecular formula is C13H20N2O. The second-order valence-electron chi connectivity index (χ2n) is 4.36. The van der Waals surface area contributed by atoms with Crippen LogP contribution in [0.4, 0.5) is 0 Å². The van der Waals surface area contributed by atoms with Gasteiger partial charge in [0, 0.05) is 25.7 Å². The van der Waals surface area contributed by atoms with Gasteiger partial charge < -0.3 is 10.1 Å². The number of nitrogens with one attached hydrogen (secondary N) is 1. The van der Waals surface area contributed by atoms with Crippen LogP contribution < -0.4 is 10.1 Å². The molecule has 1 fully saturated rings. The molecule has 1 saturated heterocycles. The molecule has 1 atom stereocenters. The summed E-state index contributed by atoms with van der Waals surface area (Å²) in [6.07, 6.45) is 1.26. The lowest BCUT2D eigenvalue weighted by Gasteiger charge is -2.16. The zero-order valence-electron chi connectivity index (χ0n) is 10.1. The zero-order valence-corrected chi connectivity index (χ0v) is 10.1. The van der Waals surface area contributed by atoms with Crippen molar-refractivity contribution in [3.05, 3.63) is 29.8 Å². The van der Waals surface area contributed by atoms with Crippen molar-refractivity contribution >= 4 is 0 Å². The Balaban J connectivity index is 1.89. The highest BCUT2D eigenvalue weighted by molar-refractivity contribution is 5.27. The number of nitrogens with zero attached hydrogens (tertiary/aromatic N) is 1. The van der Waals surface area contributed by atoms with Gasteiger partial charge in [-0.05, 0) is 31.2 Å². The normalized spacial score (nSPS) is 21.2. The molecule has 1 heterocycles. The molecule has 1 aromatic carbocycles. The van der Waals surface area contributed by atoms with Crippen molar-refractivity contribution in [1.82, 2.24) is 10.2 Å². The van der Waals surface area contributed by atoms with E-state index in [0.717, 1.165) is 18.8 Å². The first kappa shape index (κ1) is 11.4. The van der Waals surface area contributed by atoms with Gasteiger partial charge in [0.1, 0.15) is 5.75 Å².